The van der Waals surface area contributed by atoms with Crippen LogP contribution in [0.2, 0.25) is 0 Å². The van der Waals surface area contributed by atoms with Crippen molar-refractivity contribution in [2.75, 3.05) is 19.0 Å². The number of ether oxygens (including phenoxy) is 2. The van der Waals surface area contributed by atoms with Crippen molar-refractivity contribution in [2.45, 2.75) is 32.2 Å². The number of methoxy groups -OCH3 is 1. The van der Waals surface area contributed by atoms with E-state index in [0.29, 0.717) is 13.0 Å². The van der Waals surface area contributed by atoms with Gasteiger partial charge >= 0.3 is 5.97 Å². The maximum Gasteiger partial charge on any atom is 0.326 e. The highest BCUT2D eigenvalue weighted by Gasteiger charge is 2.19. The number of hydrogen-bond donors (Lipinski definition) is 2. The van der Waals surface area contributed by atoms with E-state index in [9.17, 15) is 9.90 Å². The van der Waals surface area contributed by atoms with Crippen LogP contribution in [0.25, 0.3) is 11.1 Å². The number of rotatable bonds is 12. The summed E-state index contributed by atoms with van der Waals surface area (Å²) < 4.78 is 11.2. The molecule has 5 nitrogen and oxygen atoms in total. The third-order valence-electron chi connectivity index (χ3n) is 5.72. The summed E-state index contributed by atoms with van der Waals surface area (Å²) in [5.74, 6) is 0.635. The summed E-state index contributed by atoms with van der Waals surface area (Å²) in [4.78, 5) is 11.8. The Morgan fingerprint density at radius 2 is 1.97 bits per heavy atom. The van der Waals surface area contributed by atoms with Crippen LogP contribution in [0.3, 0.4) is 0 Å². The Morgan fingerprint density at radius 3 is 2.60 bits per heavy atom. The summed E-state index contributed by atoms with van der Waals surface area (Å²) in [7, 11) is 1.63. The number of hydrogen-bond acceptors (Lipinski definition) is 4. The Morgan fingerprint density at radius 1 is 1.17 bits per heavy atom. The van der Waals surface area contributed by atoms with Crippen LogP contribution >= 0.6 is 0 Å². The van der Waals surface area contributed by atoms with Gasteiger partial charge in [0.05, 0.1) is 7.11 Å². The molecule has 0 amide bonds. The fourth-order valence-corrected chi connectivity index (χ4v) is 3.76. The molecule has 5 heteroatoms. The van der Waals surface area contributed by atoms with E-state index in [1.54, 1.807) is 13.2 Å². The predicted molar refractivity (Wildman–Crippen MR) is 143 cm³/mol. The summed E-state index contributed by atoms with van der Waals surface area (Å²) in [6.07, 6.45) is 14.2. The van der Waals surface area contributed by atoms with Crippen LogP contribution in [0, 0.1) is 0 Å². The summed E-state index contributed by atoms with van der Waals surface area (Å²) >= 11 is 0. The van der Waals surface area contributed by atoms with Crippen molar-refractivity contribution in [1.29, 1.82) is 0 Å². The molecule has 182 valence electrons. The third-order valence-corrected chi connectivity index (χ3v) is 5.72. The van der Waals surface area contributed by atoms with E-state index in [1.807, 2.05) is 73.7 Å². The van der Waals surface area contributed by atoms with Crippen molar-refractivity contribution in [1.82, 2.24) is 0 Å². The van der Waals surface area contributed by atoms with Crippen LogP contribution in [0.5, 0.6) is 5.75 Å². The molecule has 1 atom stereocenters. The van der Waals surface area contributed by atoms with Crippen LogP contribution in [0.1, 0.15) is 26.2 Å². The van der Waals surface area contributed by atoms with E-state index in [-0.39, 0.29) is 0 Å². The van der Waals surface area contributed by atoms with Gasteiger partial charge in [-0.25, -0.2) is 4.79 Å². The second-order valence-electron chi connectivity index (χ2n) is 8.21. The van der Waals surface area contributed by atoms with Crippen molar-refractivity contribution >= 4 is 11.7 Å². The van der Waals surface area contributed by atoms with E-state index in [1.165, 1.54) is 0 Å². The van der Waals surface area contributed by atoms with Gasteiger partial charge in [0.2, 0.25) is 0 Å². The van der Waals surface area contributed by atoms with Gasteiger partial charge in [0.25, 0.3) is 0 Å². The topological polar surface area (TPSA) is 67.8 Å². The van der Waals surface area contributed by atoms with E-state index in [0.717, 1.165) is 52.3 Å². The maximum atomic E-state index is 11.8. The van der Waals surface area contributed by atoms with Gasteiger partial charge in [-0.15, -0.1) is 0 Å². The minimum atomic E-state index is -0.864. The second-order valence-corrected chi connectivity index (χ2v) is 8.21. The molecule has 0 saturated heterocycles. The Balaban J connectivity index is 1.66. The minimum Gasteiger partial charge on any atom is -0.497 e. The Hall–Kier alpha value is -3.99. The summed E-state index contributed by atoms with van der Waals surface area (Å²) in [6, 6.07) is 14.9. The molecule has 0 radical (unpaired) electrons. The van der Waals surface area contributed by atoms with Gasteiger partial charge in [-0.2, -0.15) is 0 Å². The van der Waals surface area contributed by atoms with Gasteiger partial charge in [-0.05, 0) is 78.5 Å². The van der Waals surface area contributed by atoms with E-state index >= 15 is 0 Å². The van der Waals surface area contributed by atoms with Gasteiger partial charge in [0.15, 0.2) is 0 Å². The second kappa shape index (κ2) is 13.0. The lowest BCUT2D eigenvalue weighted by Crippen LogP contribution is -2.29. The maximum absolute atomic E-state index is 11.8. The lowest BCUT2D eigenvalue weighted by Gasteiger charge is -2.18. The highest BCUT2D eigenvalue weighted by molar-refractivity contribution is 5.79. The molecule has 35 heavy (non-hydrogen) atoms. The van der Waals surface area contributed by atoms with Gasteiger partial charge in [-0.3, -0.25) is 0 Å². The first-order chi connectivity index (χ1) is 17.0. The molecule has 0 saturated carbocycles. The molecule has 1 unspecified atom stereocenters. The van der Waals surface area contributed by atoms with Gasteiger partial charge < -0.3 is 19.9 Å². The Kier molecular flexibility index (Phi) is 9.55. The van der Waals surface area contributed by atoms with Crippen LogP contribution in [-0.2, 0) is 9.53 Å². The van der Waals surface area contributed by atoms with Crippen molar-refractivity contribution in [3.8, 4) is 16.9 Å². The van der Waals surface area contributed by atoms with E-state index in [4.69, 9.17) is 9.47 Å². The largest absolute Gasteiger partial charge is 0.497 e. The number of carboxylic acids is 1. The molecule has 1 aliphatic carbocycles. The number of anilines is 1. The normalized spacial score (nSPS) is 14.6. The lowest BCUT2D eigenvalue weighted by molar-refractivity contribution is -0.137. The first-order valence-electron chi connectivity index (χ1n) is 11.7. The van der Waals surface area contributed by atoms with Crippen molar-refractivity contribution < 1.29 is 19.4 Å². The summed E-state index contributed by atoms with van der Waals surface area (Å²) in [5.41, 5.74) is 4.75. The SMILES string of the molecule is C=C/C(=C\C(=C/C)OC)COc1ccc(-c2cccc(NC(CC3=CCCC=C3)C(=O)O)c2)cc1. The number of benzene rings is 2. The van der Waals surface area contributed by atoms with Crippen molar-refractivity contribution in [2.24, 2.45) is 0 Å². The number of carbonyl (C=O) groups is 1. The standard InChI is InChI=1S/C30H33NO4/c1-4-22(18-27(5-2)34-3)21-35-28-16-14-24(15-17-28)25-12-9-13-26(20-25)31-29(30(32)33)19-23-10-7-6-8-11-23/h4-5,7,9-18,20,29,31H,1,6,8,19,21H2,2-3H3,(H,32,33)/b22-18+,27-5+. The van der Waals surface area contributed by atoms with Crippen LogP contribution in [0.15, 0.2) is 108 Å². The molecule has 2 aromatic carbocycles. The van der Waals surface area contributed by atoms with Crippen LogP contribution in [-0.4, -0.2) is 30.8 Å². The number of aliphatic carboxylic acids is 1. The first kappa shape index (κ1) is 25.6. The fourth-order valence-electron chi connectivity index (χ4n) is 3.76. The quantitative estimate of drug-likeness (QED) is 0.260. The zero-order valence-corrected chi connectivity index (χ0v) is 20.4. The average molecular weight is 472 g/mol. The molecule has 0 aromatic heterocycles. The molecular formula is C30H33NO4. The first-order valence-corrected chi connectivity index (χ1v) is 11.7. The van der Waals surface area contributed by atoms with Crippen LogP contribution in [0.4, 0.5) is 5.69 Å². The van der Waals surface area contributed by atoms with Crippen molar-refractivity contribution in [3.63, 3.8) is 0 Å². The highest BCUT2D eigenvalue weighted by Crippen LogP contribution is 2.26. The monoisotopic (exact) mass is 471 g/mol. The molecular weight excluding hydrogens is 438 g/mol. The zero-order chi connectivity index (χ0) is 25.0. The Labute approximate surface area is 207 Å². The molecule has 0 aliphatic heterocycles. The predicted octanol–water partition coefficient (Wildman–Crippen LogP) is 6.93. The Bertz CT molecular complexity index is 1140. The molecule has 0 spiro atoms. The van der Waals surface area contributed by atoms with Gasteiger partial charge in [0, 0.05) is 12.1 Å². The summed E-state index contributed by atoms with van der Waals surface area (Å²) in [5, 5.41) is 12.9. The minimum absolute atomic E-state index is 0.380. The molecule has 2 N–H and O–H groups in total. The fraction of sp³-hybridized carbons (Fsp3) is 0.233. The molecule has 3 rings (SSSR count). The van der Waals surface area contributed by atoms with Gasteiger partial charge in [-0.1, -0.05) is 55.1 Å². The molecule has 0 heterocycles. The highest BCUT2D eigenvalue weighted by atomic mass is 16.5. The summed E-state index contributed by atoms with van der Waals surface area (Å²) in [6.45, 7) is 6.13. The molecule has 0 bridgehead atoms. The number of carboxylic acid groups (broad SMARTS) is 1. The van der Waals surface area contributed by atoms with Gasteiger partial charge in [0.1, 0.15) is 24.2 Å². The van der Waals surface area contributed by atoms with Crippen LogP contribution < -0.4 is 10.1 Å². The zero-order valence-electron chi connectivity index (χ0n) is 20.4. The number of allylic oxidation sites excluding steroid dienone is 5. The third kappa shape index (κ3) is 7.78. The van der Waals surface area contributed by atoms with E-state index < -0.39 is 12.0 Å². The molecule has 2 aromatic rings. The smallest absolute Gasteiger partial charge is 0.326 e. The van der Waals surface area contributed by atoms with Crippen molar-refractivity contribution in [3.05, 3.63) is 108 Å². The number of nitrogens with one attached hydrogen (secondary N) is 1. The molecule has 0 fully saturated rings. The lowest BCUT2D eigenvalue weighted by atomic mass is 9.99. The van der Waals surface area contributed by atoms with E-state index in [2.05, 4.69) is 24.0 Å². The molecule has 1 aliphatic rings. The average Bonchev–Trinajstić information content (AvgIpc) is 2.89.